The van der Waals surface area contributed by atoms with Gasteiger partial charge in [-0.15, -0.1) is 0 Å². The Bertz CT molecular complexity index is 2430. The third-order valence-electron chi connectivity index (χ3n) is 8.66. The van der Waals surface area contributed by atoms with Crippen LogP contribution in [0.25, 0.3) is 82.3 Å². The molecule has 0 atom stereocenters. The lowest BCUT2D eigenvalue weighted by atomic mass is 9.94. The molecule has 9 aromatic rings. The molecule has 0 spiro atoms. The molecule has 0 aliphatic rings. The van der Waals surface area contributed by atoms with Crippen molar-refractivity contribution in [2.45, 2.75) is 0 Å². The lowest BCUT2D eigenvalue weighted by Gasteiger charge is -2.12. The standard InChI is InChI=1S/C40H25N3/c1-2-16-34-31(13-1)36-25-29(19-20-35(36)40-39(34)41-21-22-42-40)27-10-7-9-26(23-27)28-11-8-12-30(24-28)43-37-17-5-3-14-32(37)33-15-4-6-18-38(33)43/h1-25H. The summed E-state index contributed by atoms with van der Waals surface area (Å²) in [5.41, 5.74) is 10.2. The normalized spacial score (nSPS) is 11.7. The van der Waals surface area contributed by atoms with Crippen LogP contribution in [0.2, 0.25) is 0 Å². The van der Waals surface area contributed by atoms with Crippen LogP contribution in [0, 0.1) is 0 Å². The smallest absolute Gasteiger partial charge is 0.0971 e. The summed E-state index contributed by atoms with van der Waals surface area (Å²) in [4.78, 5) is 9.40. The van der Waals surface area contributed by atoms with Crippen LogP contribution >= 0.6 is 0 Å². The quantitative estimate of drug-likeness (QED) is 0.206. The summed E-state index contributed by atoms with van der Waals surface area (Å²) in [6, 6.07) is 50.3. The lowest BCUT2D eigenvalue weighted by molar-refractivity contribution is 1.18. The van der Waals surface area contributed by atoms with Gasteiger partial charge in [0.15, 0.2) is 0 Å². The second-order valence-electron chi connectivity index (χ2n) is 11.1. The van der Waals surface area contributed by atoms with Crippen molar-refractivity contribution in [2.24, 2.45) is 0 Å². The maximum Gasteiger partial charge on any atom is 0.0971 e. The van der Waals surface area contributed by atoms with Gasteiger partial charge in [-0.2, -0.15) is 0 Å². The SMILES string of the molecule is c1cc(-c2cccc(-n3c4ccccc4c4ccccc43)c2)cc(-c2ccc3c(c2)c2ccccc2c2nccnc32)c1. The van der Waals surface area contributed by atoms with E-state index in [-0.39, 0.29) is 0 Å². The van der Waals surface area contributed by atoms with Gasteiger partial charge in [0, 0.05) is 39.6 Å². The Balaban J connectivity index is 1.19. The van der Waals surface area contributed by atoms with Gasteiger partial charge < -0.3 is 4.57 Å². The summed E-state index contributed by atoms with van der Waals surface area (Å²) < 4.78 is 2.37. The molecular formula is C40H25N3. The van der Waals surface area contributed by atoms with Gasteiger partial charge in [0.1, 0.15) is 0 Å². The number of aromatic nitrogens is 3. The highest BCUT2D eigenvalue weighted by Crippen LogP contribution is 2.37. The van der Waals surface area contributed by atoms with Crippen molar-refractivity contribution in [2.75, 3.05) is 0 Å². The Morgan fingerprint density at radius 1 is 0.349 bits per heavy atom. The van der Waals surface area contributed by atoms with Crippen molar-refractivity contribution in [3.05, 3.63) is 152 Å². The van der Waals surface area contributed by atoms with E-state index in [1.165, 1.54) is 54.8 Å². The lowest BCUT2D eigenvalue weighted by Crippen LogP contribution is -1.94. The van der Waals surface area contributed by atoms with E-state index in [2.05, 4.69) is 149 Å². The molecule has 2 heterocycles. The topological polar surface area (TPSA) is 30.7 Å². The molecule has 0 amide bonds. The molecule has 3 nitrogen and oxygen atoms in total. The molecule has 0 radical (unpaired) electrons. The Kier molecular flexibility index (Phi) is 5.20. The van der Waals surface area contributed by atoms with E-state index in [0.29, 0.717) is 0 Å². The molecule has 43 heavy (non-hydrogen) atoms. The molecule has 0 saturated carbocycles. The van der Waals surface area contributed by atoms with Crippen molar-refractivity contribution in [1.82, 2.24) is 14.5 Å². The van der Waals surface area contributed by atoms with Gasteiger partial charge in [-0.1, -0.05) is 103 Å². The number of para-hydroxylation sites is 2. The second-order valence-corrected chi connectivity index (χ2v) is 11.1. The van der Waals surface area contributed by atoms with Crippen molar-refractivity contribution in [1.29, 1.82) is 0 Å². The van der Waals surface area contributed by atoms with Gasteiger partial charge in [-0.3, -0.25) is 9.97 Å². The van der Waals surface area contributed by atoms with Gasteiger partial charge >= 0.3 is 0 Å². The fourth-order valence-corrected chi connectivity index (χ4v) is 6.71. The van der Waals surface area contributed by atoms with Crippen LogP contribution < -0.4 is 0 Å². The van der Waals surface area contributed by atoms with Gasteiger partial charge in [-0.05, 0) is 69.4 Å². The molecule has 0 aliphatic carbocycles. The zero-order valence-corrected chi connectivity index (χ0v) is 23.3. The van der Waals surface area contributed by atoms with Crippen LogP contribution in [0.5, 0.6) is 0 Å². The largest absolute Gasteiger partial charge is 0.309 e. The van der Waals surface area contributed by atoms with Crippen LogP contribution in [0.1, 0.15) is 0 Å². The highest BCUT2D eigenvalue weighted by molar-refractivity contribution is 6.23. The van der Waals surface area contributed by atoms with E-state index in [4.69, 9.17) is 4.98 Å². The maximum atomic E-state index is 4.72. The van der Waals surface area contributed by atoms with Crippen molar-refractivity contribution < 1.29 is 0 Å². The molecule has 0 bridgehead atoms. The predicted molar refractivity (Wildman–Crippen MR) is 180 cm³/mol. The van der Waals surface area contributed by atoms with E-state index in [9.17, 15) is 0 Å². The van der Waals surface area contributed by atoms with Crippen molar-refractivity contribution in [3.8, 4) is 27.9 Å². The van der Waals surface area contributed by atoms with Gasteiger partial charge in [0.25, 0.3) is 0 Å². The molecule has 7 aromatic carbocycles. The Labute approximate surface area is 248 Å². The highest BCUT2D eigenvalue weighted by Gasteiger charge is 2.14. The molecule has 0 unspecified atom stereocenters. The number of hydrogen-bond donors (Lipinski definition) is 0. The van der Waals surface area contributed by atoms with Crippen molar-refractivity contribution >= 4 is 54.4 Å². The predicted octanol–water partition coefficient (Wildman–Crippen LogP) is 10.4. The summed E-state index contributed by atoms with van der Waals surface area (Å²) in [6.07, 6.45) is 3.55. The molecule has 3 heteroatoms. The van der Waals surface area contributed by atoms with E-state index in [0.717, 1.165) is 27.5 Å². The average Bonchev–Trinajstić information content (AvgIpc) is 3.43. The Morgan fingerprint density at radius 2 is 0.860 bits per heavy atom. The Morgan fingerprint density at radius 3 is 1.53 bits per heavy atom. The molecule has 0 aliphatic heterocycles. The number of nitrogens with zero attached hydrogens (tertiary/aromatic N) is 3. The summed E-state index contributed by atoms with van der Waals surface area (Å²) in [7, 11) is 0. The molecular weight excluding hydrogens is 522 g/mol. The molecule has 0 fully saturated rings. The van der Waals surface area contributed by atoms with E-state index in [1.54, 1.807) is 12.4 Å². The first kappa shape index (κ1) is 23.9. The van der Waals surface area contributed by atoms with Crippen LogP contribution in [-0.4, -0.2) is 14.5 Å². The monoisotopic (exact) mass is 547 g/mol. The summed E-state index contributed by atoms with van der Waals surface area (Å²) in [5.74, 6) is 0. The van der Waals surface area contributed by atoms with Gasteiger partial charge in [0.05, 0.1) is 22.1 Å². The zero-order valence-electron chi connectivity index (χ0n) is 23.3. The summed E-state index contributed by atoms with van der Waals surface area (Å²) in [5, 5.41) is 7.19. The van der Waals surface area contributed by atoms with Crippen molar-refractivity contribution in [3.63, 3.8) is 0 Å². The van der Waals surface area contributed by atoms with Crippen LogP contribution in [-0.2, 0) is 0 Å². The highest BCUT2D eigenvalue weighted by atomic mass is 15.0. The van der Waals surface area contributed by atoms with E-state index >= 15 is 0 Å². The number of fused-ring (bicyclic) bond motifs is 9. The fraction of sp³-hybridized carbons (Fsp3) is 0. The molecule has 0 saturated heterocycles. The van der Waals surface area contributed by atoms with Crippen LogP contribution in [0.4, 0.5) is 0 Å². The first-order chi connectivity index (χ1) is 21.3. The first-order valence-corrected chi connectivity index (χ1v) is 14.6. The number of rotatable bonds is 3. The van der Waals surface area contributed by atoms with Crippen LogP contribution in [0.3, 0.4) is 0 Å². The minimum atomic E-state index is 0.943. The van der Waals surface area contributed by atoms with E-state index in [1.807, 2.05) is 0 Å². The number of benzene rings is 7. The van der Waals surface area contributed by atoms with Gasteiger partial charge in [0.2, 0.25) is 0 Å². The molecule has 200 valence electrons. The second kappa shape index (κ2) is 9.37. The summed E-state index contributed by atoms with van der Waals surface area (Å²) in [6.45, 7) is 0. The summed E-state index contributed by atoms with van der Waals surface area (Å²) >= 11 is 0. The number of hydrogen-bond acceptors (Lipinski definition) is 2. The first-order valence-electron chi connectivity index (χ1n) is 14.6. The minimum absolute atomic E-state index is 0.943. The van der Waals surface area contributed by atoms with Gasteiger partial charge in [-0.25, -0.2) is 0 Å². The zero-order chi connectivity index (χ0) is 28.3. The van der Waals surface area contributed by atoms with E-state index < -0.39 is 0 Å². The fourth-order valence-electron chi connectivity index (χ4n) is 6.71. The third-order valence-corrected chi connectivity index (χ3v) is 8.66. The molecule has 9 rings (SSSR count). The third kappa shape index (κ3) is 3.68. The minimum Gasteiger partial charge on any atom is -0.309 e. The Hall–Kier alpha value is -5.80. The maximum absolute atomic E-state index is 4.72. The molecule has 2 aromatic heterocycles. The molecule has 0 N–H and O–H groups in total. The van der Waals surface area contributed by atoms with Crippen LogP contribution in [0.15, 0.2) is 152 Å². The average molecular weight is 548 g/mol.